The molecule has 0 saturated carbocycles. The lowest BCUT2D eigenvalue weighted by Gasteiger charge is -2.22. The van der Waals surface area contributed by atoms with Crippen LogP contribution in [0.4, 0.5) is 0 Å². The summed E-state index contributed by atoms with van der Waals surface area (Å²) in [5.74, 6) is -0.126. The van der Waals surface area contributed by atoms with Gasteiger partial charge in [-0.3, -0.25) is 0 Å². The summed E-state index contributed by atoms with van der Waals surface area (Å²) in [5, 5.41) is 0. The molecule has 4 nitrogen and oxygen atoms in total. The fourth-order valence-corrected chi connectivity index (χ4v) is 5.26. The Morgan fingerprint density at radius 2 is 1.89 bits per heavy atom. The fourth-order valence-electron chi connectivity index (χ4n) is 3.34. The van der Waals surface area contributed by atoms with Gasteiger partial charge in [0.25, 0.3) is 0 Å². The third-order valence-corrected chi connectivity index (χ3v) is 6.28. The smallest absolute Gasteiger partial charge is 0.243 e. The molecule has 2 heterocycles. The van der Waals surface area contributed by atoms with Gasteiger partial charge in [0.2, 0.25) is 10.0 Å². The zero-order chi connectivity index (χ0) is 13.6. The first-order chi connectivity index (χ1) is 9.04. The topological polar surface area (TPSA) is 54.5 Å². The van der Waals surface area contributed by atoms with Crippen LogP contribution in [0, 0.1) is 12.8 Å². The molecule has 0 aromatic heterocycles. The highest BCUT2D eigenvalue weighted by atomic mass is 32.2. The maximum atomic E-state index is 12.7. The predicted octanol–water partition coefficient (Wildman–Crippen LogP) is 1.74. The van der Waals surface area contributed by atoms with Crippen molar-refractivity contribution in [3.63, 3.8) is 0 Å². The second-order valence-corrected chi connectivity index (χ2v) is 7.33. The predicted molar refractivity (Wildman–Crippen MR) is 71.2 cm³/mol. The van der Waals surface area contributed by atoms with Crippen molar-refractivity contribution in [2.75, 3.05) is 0 Å². The van der Waals surface area contributed by atoms with Crippen LogP contribution in [0.3, 0.4) is 0 Å². The molecule has 102 valence electrons. The van der Waals surface area contributed by atoms with Gasteiger partial charge < -0.3 is 4.79 Å². The highest BCUT2D eigenvalue weighted by molar-refractivity contribution is 7.89. The summed E-state index contributed by atoms with van der Waals surface area (Å²) < 4.78 is 26.9. The average molecular weight is 279 g/mol. The number of carbonyl (C=O) groups is 1. The third kappa shape index (κ3) is 1.92. The largest absolute Gasteiger partial charge is 0.303 e. The molecular weight excluding hydrogens is 262 g/mol. The molecule has 5 heteroatoms. The number of sulfonamides is 1. The monoisotopic (exact) mass is 279 g/mol. The molecular formula is C14H17NO3S. The van der Waals surface area contributed by atoms with Crippen LogP contribution in [0.5, 0.6) is 0 Å². The van der Waals surface area contributed by atoms with Gasteiger partial charge in [-0.05, 0) is 38.3 Å². The minimum Gasteiger partial charge on any atom is -0.303 e. The van der Waals surface area contributed by atoms with Crippen LogP contribution in [0.15, 0.2) is 29.2 Å². The average Bonchev–Trinajstić information content (AvgIpc) is 2.97. The quantitative estimate of drug-likeness (QED) is 0.792. The van der Waals surface area contributed by atoms with Crippen LogP contribution >= 0.6 is 0 Å². The fraction of sp³-hybridized carbons (Fsp3) is 0.500. The van der Waals surface area contributed by atoms with Crippen LogP contribution in [0.2, 0.25) is 0 Å². The maximum absolute atomic E-state index is 12.7. The van der Waals surface area contributed by atoms with Gasteiger partial charge >= 0.3 is 0 Å². The summed E-state index contributed by atoms with van der Waals surface area (Å²) in [6.45, 7) is 1.93. The van der Waals surface area contributed by atoms with Crippen molar-refractivity contribution in [3.05, 3.63) is 29.8 Å². The summed E-state index contributed by atoms with van der Waals surface area (Å²) in [5.41, 5.74) is 1.04. The van der Waals surface area contributed by atoms with E-state index in [0.717, 1.165) is 24.7 Å². The van der Waals surface area contributed by atoms with Crippen molar-refractivity contribution in [2.24, 2.45) is 5.92 Å². The van der Waals surface area contributed by atoms with E-state index in [-0.39, 0.29) is 18.0 Å². The molecule has 2 aliphatic rings. The molecule has 1 aromatic carbocycles. The lowest BCUT2D eigenvalue weighted by molar-refractivity contribution is -0.111. The number of fused-ring (bicyclic) bond motifs is 2. The highest BCUT2D eigenvalue weighted by Gasteiger charge is 2.51. The van der Waals surface area contributed by atoms with Gasteiger partial charge in [-0.15, -0.1) is 0 Å². The van der Waals surface area contributed by atoms with Gasteiger partial charge in [0.15, 0.2) is 0 Å². The van der Waals surface area contributed by atoms with E-state index < -0.39 is 10.0 Å². The summed E-state index contributed by atoms with van der Waals surface area (Å²) >= 11 is 0. The zero-order valence-corrected chi connectivity index (χ0v) is 11.6. The molecule has 0 amide bonds. The van der Waals surface area contributed by atoms with E-state index in [2.05, 4.69) is 0 Å². The minimum atomic E-state index is -3.46. The third-order valence-electron chi connectivity index (χ3n) is 4.29. The number of hydrogen-bond acceptors (Lipinski definition) is 3. The van der Waals surface area contributed by atoms with Crippen LogP contribution in [0.25, 0.3) is 0 Å². The number of rotatable bonds is 3. The van der Waals surface area contributed by atoms with Crippen LogP contribution in [-0.2, 0) is 14.8 Å². The first-order valence-electron chi connectivity index (χ1n) is 6.59. The normalized spacial score (nSPS) is 30.7. The SMILES string of the molecule is Cc1ccc(S(=O)(=O)N2[C@H]3CC[C@@H]2[C@@H](C=O)C3)cc1. The Labute approximate surface area is 113 Å². The Morgan fingerprint density at radius 1 is 1.21 bits per heavy atom. The number of benzene rings is 1. The first-order valence-corrected chi connectivity index (χ1v) is 8.03. The molecule has 2 aliphatic heterocycles. The molecule has 0 aliphatic carbocycles. The molecule has 19 heavy (non-hydrogen) atoms. The van der Waals surface area contributed by atoms with Crippen LogP contribution in [-0.4, -0.2) is 31.1 Å². The van der Waals surface area contributed by atoms with Gasteiger partial charge in [-0.25, -0.2) is 8.42 Å². The van der Waals surface area contributed by atoms with Crippen LogP contribution < -0.4 is 0 Å². The summed E-state index contributed by atoms with van der Waals surface area (Å²) in [7, 11) is -3.46. The number of aldehydes is 1. The zero-order valence-electron chi connectivity index (χ0n) is 10.8. The van der Waals surface area contributed by atoms with E-state index in [1.54, 1.807) is 16.4 Å². The van der Waals surface area contributed by atoms with E-state index in [1.165, 1.54) is 0 Å². The number of nitrogens with zero attached hydrogens (tertiary/aromatic N) is 1. The van der Waals surface area contributed by atoms with Gasteiger partial charge in [-0.2, -0.15) is 4.31 Å². The summed E-state index contributed by atoms with van der Waals surface area (Å²) in [6, 6.07) is 6.79. The van der Waals surface area contributed by atoms with Crippen molar-refractivity contribution in [3.8, 4) is 0 Å². The van der Waals surface area contributed by atoms with Gasteiger partial charge in [0.1, 0.15) is 6.29 Å². The van der Waals surface area contributed by atoms with Crippen molar-refractivity contribution in [1.29, 1.82) is 0 Å². The van der Waals surface area contributed by atoms with Crippen molar-refractivity contribution >= 4 is 16.3 Å². The number of hydrogen-bond donors (Lipinski definition) is 0. The molecule has 1 aromatic rings. The lowest BCUT2D eigenvalue weighted by atomic mass is 9.91. The van der Waals surface area contributed by atoms with Crippen molar-refractivity contribution in [2.45, 2.75) is 43.2 Å². The lowest BCUT2D eigenvalue weighted by Crippen LogP contribution is -2.36. The Kier molecular flexibility index (Phi) is 2.98. The number of aryl methyl sites for hydroxylation is 1. The highest BCUT2D eigenvalue weighted by Crippen LogP contribution is 2.44. The van der Waals surface area contributed by atoms with E-state index in [4.69, 9.17) is 0 Å². The second kappa shape index (κ2) is 4.42. The van der Waals surface area contributed by atoms with Gasteiger partial charge in [-0.1, -0.05) is 17.7 Å². The number of carbonyl (C=O) groups excluding carboxylic acids is 1. The van der Waals surface area contributed by atoms with E-state index in [0.29, 0.717) is 11.3 Å². The summed E-state index contributed by atoms with van der Waals surface area (Å²) in [6.07, 6.45) is 3.28. The molecule has 2 saturated heterocycles. The molecule has 0 N–H and O–H groups in total. The molecule has 3 rings (SSSR count). The Morgan fingerprint density at radius 3 is 2.47 bits per heavy atom. The molecule has 3 atom stereocenters. The molecule has 0 spiro atoms. The molecule has 0 radical (unpaired) electrons. The first kappa shape index (κ1) is 12.8. The van der Waals surface area contributed by atoms with Crippen molar-refractivity contribution in [1.82, 2.24) is 4.31 Å². The van der Waals surface area contributed by atoms with Gasteiger partial charge in [0, 0.05) is 18.0 Å². The van der Waals surface area contributed by atoms with E-state index in [1.807, 2.05) is 19.1 Å². The molecule has 2 fully saturated rings. The van der Waals surface area contributed by atoms with Crippen molar-refractivity contribution < 1.29 is 13.2 Å². The maximum Gasteiger partial charge on any atom is 0.243 e. The standard InChI is InChI=1S/C14H17NO3S/c1-10-2-5-13(6-3-10)19(17,18)15-12-4-7-14(15)11(8-12)9-16/h2-3,5-6,9,11-12,14H,4,7-8H2,1H3/t11-,12+,14-/m1/s1. The van der Waals surface area contributed by atoms with E-state index >= 15 is 0 Å². The Bertz CT molecular complexity index is 594. The molecule has 0 unspecified atom stereocenters. The Balaban J connectivity index is 1.98. The molecule has 2 bridgehead atoms. The minimum absolute atomic E-state index is 0.00602. The second-order valence-electron chi connectivity index (χ2n) is 5.48. The van der Waals surface area contributed by atoms with E-state index in [9.17, 15) is 13.2 Å². The Hall–Kier alpha value is -1.20. The summed E-state index contributed by atoms with van der Waals surface area (Å²) in [4.78, 5) is 11.4. The van der Waals surface area contributed by atoms with Crippen LogP contribution in [0.1, 0.15) is 24.8 Å². The van der Waals surface area contributed by atoms with Gasteiger partial charge in [0.05, 0.1) is 4.90 Å².